The third-order valence-electron chi connectivity index (χ3n) is 4.14. The number of aryl methyl sites for hydroxylation is 1. The van der Waals surface area contributed by atoms with E-state index >= 15 is 0 Å². The number of anilines is 1. The molecule has 1 fully saturated rings. The van der Waals surface area contributed by atoms with Gasteiger partial charge in [0, 0.05) is 31.8 Å². The summed E-state index contributed by atoms with van der Waals surface area (Å²) in [6, 6.07) is 1.38. The van der Waals surface area contributed by atoms with Crippen LogP contribution in [-0.4, -0.2) is 34.2 Å². The van der Waals surface area contributed by atoms with Gasteiger partial charge in [-0.15, -0.1) is 0 Å². The van der Waals surface area contributed by atoms with Crippen LogP contribution in [0.4, 0.5) is 5.82 Å². The van der Waals surface area contributed by atoms with Crippen molar-refractivity contribution >= 4 is 17.6 Å². The summed E-state index contributed by atoms with van der Waals surface area (Å²) in [5.74, 6) is 0.701. The van der Waals surface area contributed by atoms with Crippen LogP contribution in [0.25, 0.3) is 0 Å². The first kappa shape index (κ1) is 15.5. The van der Waals surface area contributed by atoms with Gasteiger partial charge in [-0.3, -0.25) is 19.2 Å². The third kappa shape index (κ3) is 3.43. The van der Waals surface area contributed by atoms with E-state index in [-0.39, 0.29) is 23.7 Å². The second-order valence-electron chi connectivity index (χ2n) is 6.07. The lowest BCUT2D eigenvalue weighted by atomic mass is 9.96. The maximum Gasteiger partial charge on any atom is 0.250 e. The minimum absolute atomic E-state index is 0.0498. The molecule has 2 unspecified atom stereocenters. The van der Waals surface area contributed by atoms with E-state index in [4.69, 9.17) is 0 Å². The molecule has 2 heterocycles. The second kappa shape index (κ2) is 6.28. The largest absolute Gasteiger partial charge is 0.344 e. The average molecular weight is 292 g/mol. The summed E-state index contributed by atoms with van der Waals surface area (Å²) >= 11 is 0. The van der Waals surface area contributed by atoms with Crippen molar-refractivity contribution < 1.29 is 9.59 Å². The molecule has 0 bridgehead atoms. The van der Waals surface area contributed by atoms with Gasteiger partial charge in [0.1, 0.15) is 6.04 Å². The SMILES string of the molecule is CC(C)C(C)C(=O)NC1CCCN(c2ccn(C)n2)C1=O. The number of hydrogen-bond donors (Lipinski definition) is 1. The average Bonchev–Trinajstić information content (AvgIpc) is 2.86. The van der Waals surface area contributed by atoms with E-state index in [9.17, 15) is 9.59 Å². The zero-order valence-corrected chi connectivity index (χ0v) is 13.2. The van der Waals surface area contributed by atoms with Crippen LogP contribution < -0.4 is 10.2 Å². The Bertz CT molecular complexity index is 523. The smallest absolute Gasteiger partial charge is 0.250 e. The molecule has 1 N–H and O–H groups in total. The number of nitrogens with zero attached hydrogens (tertiary/aromatic N) is 3. The Morgan fingerprint density at radius 1 is 1.43 bits per heavy atom. The Morgan fingerprint density at radius 3 is 2.71 bits per heavy atom. The zero-order chi connectivity index (χ0) is 15.6. The van der Waals surface area contributed by atoms with Gasteiger partial charge >= 0.3 is 0 Å². The van der Waals surface area contributed by atoms with E-state index in [0.29, 0.717) is 18.8 Å². The molecule has 116 valence electrons. The van der Waals surface area contributed by atoms with Crippen molar-refractivity contribution in [3.05, 3.63) is 12.3 Å². The van der Waals surface area contributed by atoms with Crippen molar-refractivity contribution in [1.29, 1.82) is 0 Å². The van der Waals surface area contributed by atoms with Gasteiger partial charge in [0.05, 0.1) is 0 Å². The van der Waals surface area contributed by atoms with Crippen LogP contribution in [-0.2, 0) is 16.6 Å². The monoisotopic (exact) mass is 292 g/mol. The third-order valence-corrected chi connectivity index (χ3v) is 4.14. The predicted molar refractivity (Wildman–Crippen MR) is 80.7 cm³/mol. The Balaban J connectivity index is 2.05. The Labute approximate surface area is 125 Å². The highest BCUT2D eigenvalue weighted by Gasteiger charge is 2.32. The van der Waals surface area contributed by atoms with Gasteiger partial charge < -0.3 is 5.32 Å². The lowest BCUT2D eigenvalue weighted by Crippen LogP contribution is -2.53. The fraction of sp³-hybridized carbons (Fsp3) is 0.667. The Morgan fingerprint density at radius 2 is 2.14 bits per heavy atom. The molecule has 0 saturated carbocycles. The van der Waals surface area contributed by atoms with E-state index in [1.165, 1.54) is 0 Å². The van der Waals surface area contributed by atoms with Crippen molar-refractivity contribution in [3.8, 4) is 0 Å². The summed E-state index contributed by atoms with van der Waals surface area (Å²) in [5, 5.41) is 7.16. The van der Waals surface area contributed by atoms with Crippen LogP contribution in [0, 0.1) is 11.8 Å². The van der Waals surface area contributed by atoms with Gasteiger partial charge in [-0.25, -0.2) is 0 Å². The van der Waals surface area contributed by atoms with Crippen LogP contribution in [0.1, 0.15) is 33.6 Å². The van der Waals surface area contributed by atoms with Gasteiger partial charge in [0.15, 0.2) is 5.82 Å². The van der Waals surface area contributed by atoms with Crippen LogP contribution in [0.15, 0.2) is 12.3 Å². The summed E-state index contributed by atoms with van der Waals surface area (Å²) in [6.45, 7) is 6.56. The standard InChI is InChI=1S/C15H24N4O2/c1-10(2)11(3)14(20)16-12-6-5-8-19(15(12)21)13-7-9-18(4)17-13/h7,9-12H,5-6,8H2,1-4H3,(H,16,20). The van der Waals surface area contributed by atoms with Crippen molar-refractivity contribution in [2.45, 2.75) is 39.7 Å². The molecule has 0 radical (unpaired) electrons. The summed E-state index contributed by atoms with van der Waals surface area (Å²) in [6.07, 6.45) is 3.37. The Hall–Kier alpha value is -1.85. The normalized spacial score (nSPS) is 20.7. The van der Waals surface area contributed by atoms with Gasteiger partial charge in [-0.2, -0.15) is 5.10 Å². The number of amides is 2. The highest BCUT2D eigenvalue weighted by atomic mass is 16.2. The molecule has 1 aromatic rings. The summed E-state index contributed by atoms with van der Waals surface area (Å²) in [5.41, 5.74) is 0. The van der Waals surface area contributed by atoms with Crippen molar-refractivity contribution in [1.82, 2.24) is 15.1 Å². The van der Waals surface area contributed by atoms with Gasteiger partial charge in [0.25, 0.3) is 5.91 Å². The van der Waals surface area contributed by atoms with Crippen molar-refractivity contribution in [2.24, 2.45) is 18.9 Å². The van der Waals surface area contributed by atoms with E-state index in [1.807, 2.05) is 40.1 Å². The quantitative estimate of drug-likeness (QED) is 0.910. The molecule has 0 spiro atoms. The maximum absolute atomic E-state index is 12.5. The number of hydrogen-bond acceptors (Lipinski definition) is 3. The van der Waals surface area contributed by atoms with E-state index < -0.39 is 6.04 Å². The van der Waals surface area contributed by atoms with Crippen molar-refractivity contribution in [3.63, 3.8) is 0 Å². The highest BCUT2D eigenvalue weighted by molar-refractivity contribution is 5.99. The number of carbonyl (C=O) groups is 2. The minimum Gasteiger partial charge on any atom is -0.344 e. The van der Waals surface area contributed by atoms with E-state index in [0.717, 1.165) is 6.42 Å². The molecule has 2 rings (SSSR count). The van der Waals surface area contributed by atoms with Crippen LogP contribution >= 0.6 is 0 Å². The molecule has 21 heavy (non-hydrogen) atoms. The molecule has 1 aromatic heterocycles. The first-order chi connectivity index (χ1) is 9.90. The summed E-state index contributed by atoms with van der Waals surface area (Å²) in [7, 11) is 1.82. The first-order valence-corrected chi connectivity index (χ1v) is 7.51. The van der Waals surface area contributed by atoms with Crippen LogP contribution in [0.3, 0.4) is 0 Å². The molecular weight excluding hydrogens is 268 g/mol. The number of piperidine rings is 1. The molecule has 6 nitrogen and oxygen atoms in total. The number of nitrogens with one attached hydrogen (secondary N) is 1. The molecule has 0 aliphatic carbocycles. The number of carbonyl (C=O) groups excluding carboxylic acids is 2. The molecular formula is C15H24N4O2. The Kier molecular flexibility index (Phi) is 4.65. The molecule has 1 aliphatic rings. The second-order valence-corrected chi connectivity index (χ2v) is 6.07. The van der Waals surface area contributed by atoms with Crippen LogP contribution in [0.2, 0.25) is 0 Å². The molecule has 1 aliphatic heterocycles. The van der Waals surface area contributed by atoms with Crippen LogP contribution in [0.5, 0.6) is 0 Å². The van der Waals surface area contributed by atoms with Gasteiger partial charge in [-0.05, 0) is 18.8 Å². The number of rotatable bonds is 4. The summed E-state index contributed by atoms with van der Waals surface area (Å²) in [4.78, 5) is 26.3. The first-order valence-electron chi connectivity index (χ1n) is 7.51. The minimum atomic E-state index is -0.436. The van der Waals surface area contributed by atoms with E-state index in [1.54, 1.807) is 9.58 Å². The fourth-order valence-corrected chi connectivity index (χ4v) is 2.39. The van der Waals surface area contributed by atoms with Crippen molar-refractivity contribution in [2.75, 3.05) is 11.4 Å². The molecule has 6 heteroatoms. The topological polar surface area (TPSA) is 67.2 Å². The maximum atomic E-state index is 12.5. The van der Waals surface area contributed by atoms with E-state index in [2.05, 4.69) is 10.4 Å². The summed E-state index contributed by atoms with van der Waals surface area (Å²) < 4.78 is 1.67. The van der Waals surface area contributed by atoms with Gasteiger partial charge in [-0.1, -0.05) is 20.8 Å². The predicted octanol–water partition coefficient (Wildman–Crippen LogP) is 1.32. The highest BCUT2D eigenvalue weighted by Crippen LogP contribution is 2.20. The molecule has 2 amide bonds. The molecule has 1 saturated heterocycles. The fourth-order valence-electron chi connectivity index (χ4n) is 2.39. The molecule has 0 aromatic carbocycles. The molecule has 2 atom stereocenters. The number of aromatic nitrogens is 2. The lowest BCUT2D eigenvalue weighted by molar-refractivity contribution is -0.131. The lowest BCUT2D eigenvalue weighted by Gasteiger charge is -2.32. The zero-order valence-electron chi connectivity index (χ0n) is 13.2. The van der Waals surface area contributed by atoms with Gasteiger partial charge in [0.2, 0.25) is 5.91 Å².